The van der Waals surface area contributed by atoms with E-state index < -0.39 is 0 Å². The molecule has 2 unspecified atom stereocenters. The molecule has 1 aliphatic carbocycles. The number of rotatable bonds is 2. The number of benzene rings is 1. The normalized spacial score (nSPS) is 24.6. The lowest BCUT2D eigenvalue weighted by atomic mass is 9.87. The summed E-state index contributed by atoms with van der Waals surface area (Å²) in [5, 5.41) is 3.38. The van der Waals surface area contributed by atoms with E-state index in [0.717, 1.165) is 24.4 Å². The predicted molar refractivity (Wildman–Crippen MR) is 78.6 cm³/mol. The third-order valence-corrected chi connectivity index (χ3v) is 4.22. The van der Waals surface area contributed by atoms with Crippen LogP contribution in [0.2, 0.25) is 0 Å². The second-order valence-electron chi connectivity index (χ2n) is 4.97. The SMILES string of the molecule is CC1CCCC(Nc2cc(F)c(I)cc2N)C1. The van der Waals surface area contributed by atoms with Crippen molar-refractivity contribution in [2.24, 2.45) is 5.92 Å². The van der Waals surface area contributed by atoms with Gasteiger partial charge >= 0.3 is 0 Å². The smallest absolute Gasteiger partial charge is 0.138 e. The molecular formula is C13H18FIN2. The lowest BCUT2D eigenvalue weighted by molar-refractivity contribution is 0.358. The number of anilines is 2. The fraction of sp³-hybridized carbons (Fsp3) is 0.538. The number of hydrogen-bond donors (Lipinski definition) is 2. The molecule has 3 N–H and O–H groups in total. The van der Waals surface area contributed by atoms with E-state index in [-0.39, 0.29) is 5.82 Å². The summed E-state index contributed by atoms with van der Waals surface area (Å²) in [5.41, 5.74) is 7.28. The van der Waals surface area contributed by atoms with Crippen molar-refractivity contribution >= 4 is 34.0 Å². The molecule has 1 fully saturated rings. The first-order chi connectivity index (χ1) is 8.06. The largest absolute Gasteiger partial charge is 0.397 e. The summed E-state index contributed by atoms with van der Waals surface area (Å²) in [6, 6.07) is 3.63. The maximum absolute atomic E-state index is 13.5. The van der Waals surface area contributed by atoms with Crippen LogP contribution in [0.5, 0.6) is 0 Å². The number of nitrogens with two attached hydrogens (primary N) is 1. The Hall–Kier alpha value is -0.520. The predicted octanol–water partition coefficient (Wildman–Crippen LogP) is 4.00. The first-order valence-electron chi connectivity index (χ1n) is 6.07. The Morgan fingerprint density at radius 3 is 2.88 bits per heavy atom. The van der Waals surface area contributed by atoms with Crippen molar-refractivity contribution in [3.8, 4) is 0 Å². The topological polar surface area (TPSA) is 38.0 Å². The lowest BCUT2D eigenvalue weighted by Gasteiger charge is -2.28. The minimum Gasteiger partial charge on any atom is -0.397 e. The van der Waals surface area contributed by atoms with Crippen LogP contribution in [-0.2, 0) is 0 Å². The summed E-state index contributed by atoms with van der Waals surface area (Å²) in [5.74, 6) is 0.544. The molecule has 0 saturated heterocycles. The van der Waals surface area contributed by atoms with Gasteiger partial charge in [0.05, 0.1) is 14.9 Å². The third kappa shape index (κ3) is 3.24. The maximum atomic E-state index is 13.5. The van der Waals surface area contributed by atoms with Gasteiger partial charge in [-0.1, -0.05) is 19.8 Å². The molecule has 94 valence electrons. The molecule has 0 heterocycles. The van der Waals surface area contributed by atoms with E-state index in [1.165, 1.54) is 18.9 Å². The van der Waals surface area contributed by atoms with Gasteiger partial charge in [0.1, 0.15) is 5.82 Å². The van der Waals surface area contributed by atoms with Gasteiger partial charge in [-0.25, -0.2) is 4.39 Å². The van der Waals surface area contributed by atoms with Crippen LogP contribution in [0.25, 0.3) is 0 Å². The Morgan fingerprint density at radius 2 is 2.18 bits per heavy atom. The zero-order chi connectivity index (χ0) is 12.4. The highest BCUT2D eigenvalue weighted by Crippen LogP contribution is 2.29. The Labute approximate surface area is 115 Å². The summed E-state index contributed by atoms with van der Waals surface area (Å²) >= 11 is 1.96. The standard InChI is InChI=1S/C13H18FIN2/c1-8-3-2-4-9(5-8)17-13-6-10(14)11(15)7-12(13)16/h6-9,17H,2-5,16H2,1H3. The molecule has 17 heavy (non-hydrogen) atoms. The van der Waals surface area contributed by atoms with Crippen LogP contribution in [0, 0.1) is 15.3 Å². The summed E-state index contributed by atoms with van der Waals surface area (Å²) in [4.78, 5) is 0. The molecule has 2 atom stereocenters. The van der Waals surface area contributed by atoms with Crippen LogP contribution in [-0.4, -0.2) is 6.04 Å². The quantitative estimate of drug-likeness (QED) is 0.626. The Kier molecular flexibility index (Phi) is 4.12. The maximum Gasteiger partial charge on any atom is 0.138 e. The molecule has 2 rings (SSSR count). The van der Waals surface area contributed by atoms with Crippen LogP contribution in [0.1, 0.15) is 32.6 Å². The fourth-order valence-corrected chi connectivity index (χ4v) is 2.96. The van der Waals surface area contributed by atoms with E-state index in [1.54, 1.807) is 6.07 Å². The summed E-state index contributed by atoms with van der Waals surface area (Å²) in [6.07, 6.45) is 4.84. The minimum atomic E-state index is -0.203. The number of hydrogen-bond acceptors (Lipinski definition) is 2. The first-order valence-corrected chi connectivity index (χ1v) is 7.15. The molecule has 0 amide bonds. The molecule has 2 nitrogen and oxygen atoms in total. The average Bonchev–Trinajstić information content (AvgIpc) is 2.26. The van der Waals surface area contributed by atoms with Gasteiger partial charge in [-0.2, -0.15) is 0 Å². The van der Waals surface area contributed by atoms with Crippen LogP contribution in [0.4, 0.5) is 15.8 Å². The Bertz CT molecular complexity index is 409. The van der Waals surface area contributed by atoms with Crippen molar-refractivity contribution in [1.82, 2.24) is 0 Å². The van der Waals surface area contributed by atoms with Crippen molar-refractivity contribution in [1.29, 1.82) is 0 Å². The van der Waals surface area contributed by atoms with Crippen molar-refractivity contribution in [2.75, 3.05) is 11.1 Å². The van der Waals surface area contributed by atoms with Crippen LogP contribution < -0.4 is 11.1 Å². The molecule has 1 aromatic rings. The second kappa shape index (κ2) is 5.42. The van der Waals surface area contributed by atoms with Crippen LogP contribution in [0.3, 0.4) is 0 Å². The van der Waals surface area contributed by atoms with E-state index in [4.69, 9.17) is 5.73 Å². The van der Waals surface area contributed by atoms with Gasteiger partial charge in [-0.15, -0.1) is 0 Å². The molecule has 4 heteroatoms. The highest BCUT2D eigenvalue weighted by Gasteiger charge is 2.19. The van der Waals surface area contributed by atoms with Crippen molar-refractivity contribution in [3.63, 3.8) is 0 Å². The number of halogens is 2. The van der Waals surface area contributed by atoms with Gasteiger partial charge in [0.25, 0.3) is 0 Å². The van der Waals surface area contributed by atoms with E-state index in [9.17, 15) is 4.39 Å². The molecule has 1 aromatic carbocycles. The Morgan fingerprint density at radius 1 is 1.41 bits per heavy atom. The summed E-state index contributed by atoms with van der Waals surface area (Å²) in [7, 11) is 0. The van der Waals surface area contributed by atoms with E-state index in [2.05, 4.69) is 12.2 Å². The number of nitrogen functional groups attached to an aromatic ring is 1. The molecule has 0 bridgehead atoms. The third-order valence-electron chi connectivity index (χ3n) is 3.39. The molecule has 1 saturated carbocycles. The van der Waals surface area contributed by atoms with Crippen molar-refractivity contribution in [3.05, 3.63) is 21.5 Å². The van der Waals surface area contributed by atoms with Crippen molar-refractivity contribution < 1.29 is 4.39 Å². The Balaban J connectivity index is 2.10. The minimum absolute atomic E-state index is 0.203. The lowest BCUT2D eigenvalue weighted by Crippen LogP contribution is -2.26. The van der Waals surface area contributed by atoms with Crippen LogP contribution >= 0.6 is 22.6 Å². The van der Waals surface area contributed by atoms with E-state index in [1.807, 2.05) is 22.6 Å². The van der Waals surface area contributed by atoms with Gasteiger partial charge in [0.15, 0.2) is 0 Å². The number of nitrogens with one attached hydrogen (secondary N) is 1. The van der Waals surface area contributed by atoms with E-state index in [0.29, 0.717) is 15.3 Å². The molecule has 1 aliphatic rings. The fourth-order valence-electron chi connectivity index (χ4n) is 2.47. The summed E-state index contributed by atoms with van der Waals surface area (Å²) in [6.45, 7) is 2.27. The first kappa shape index (κ1) is 12.9. The van der Waals surface area contributed by atoms with E-state index >= 15 is 0 Å². The monoisotopic (exact) mass is 348 g/mol. The molecule has 0 radical (unpaired) electrons. The molecule has 0 spiro atoms. The highest BCUT2D eigenvalue weighted by molar-refractivity contribution is 14.1. The average molecular weight is 348 g/mol. The van der Waals surface area contributed by atoms with Crippen molar-refractivity contribution in [2.45, 2.75) is 38.6 Å². The van der Waals surface area contributed by atoms with Gasteiger partial charge in [0.2, 0.25) is 0 Å². The van der Waals surface area contributed by atoms with Crippen LogP contribution in [0.15, 0.2) is 12.1 Å². The molecular weight excluding hydrogens is 330 g/mol. The summed E-state index contributed by atoms with van der Waals surface area (Å²) < 4.78 is 14.1. The van der Waals surface area contributed by atoms with Gasteiger partial charge in [-0.05, 0) is 47.4 Å². The highest BCUT2D eigenvalue weighted by atomic mass is 127. The van der Waals surface area contributed by atoms with Gasteiger partial charge < -0.3 is 11.1 Å². The van der Waals surface area contributed by atoms with Gasteiger partial charge in [-0.3, -0.25) is 0 Å². The molecule has 0 aromatic heterocycles. The van der Waals surface area contributed by atoms with Gasteiger partial charge in [0, 0.05) is 12.1 Å². The zero-order valence-electron chi connectivity index (χ0n) is 9.97. The second-order valence-corrected chi connectivity index (χ2v) is 6.13. The zero-order valence-corrected chi connectivity index (χ0v) is 12.1. The molecule has 0 aliphatic heterocycles.